The zero-order chi connectivity index (χ0) is 22.0. The van der Waals surface area contributed by atoms with Crippen molar-refractivity contribution in [2.75, 3.05) is 12.4 Å². The number of methoxy groups -OCH3 is 1. The Hall–Kier alpha value is -4.01. The van der Waals surface area contributed by atoms with Crippen LogP contribution in [0.3, 0.4) is 0 Å². The first-order valence-electron chi connectivity index (χ1n) is 9.61. The Bertz CT molecular complexity index is 1310. The molecule has 0 radical (unpaired) electrons. The predicted octanol–water partition coefficient (Wildman–Crippen LogP) is 3.07. The Kier molecular flexibility index (Phi) is 5.48. The molecular weight excluding hydrogens is 401 g/mol. The van der Waals surface area contributed by atoms with Gasteiger partial charge in [-0.15, -0.1) is 0 Å². The van der Waals surface area contributed by atoms with Gasteiger partial charge in [-0.3, -0.25) is 14.2 Å². The van der Waals surface area contributed by atoms with Gasteiger partial charge in [0.05, 0.1) is 19.0 Å². The molecule has 1 amide bonds. The van der Waals surface area contributed by atoms with Crippen LogP contribution in [0.15, 0.2) is 59.5 Å². The molecule has 0 saturated carbocycles. The van der Waals surface area contributed by atoms with Gasteiger partial charge in [0.1, 0.15) is 22.8 Å². The molecular formula is C22H20FN5O3. The zero-order valence-electron chi connectivity index (χ0n) is 17.0. The molecule has 2 heterocycles. The summed E-state index contributed by atoms with van der Waals surface area (Å²) in [6, 6.07) is 12.8. The number of nitrogens with zero attached hydrogens (tertiary/aromatic N) is 4. The van der Waals surface area contributed by atoms with Crippen LogP contribution >= 0.6 is 0 Å². The first-order chi connectivity index (χ1) is 15.0. The molecule has 2 aromatic heterocycles. The number of aryl methyl sites for hydroxylation is 1. The summed E-state index contributed by atoms with van der Waals surface area (Å²) in [6.07, 6.45) is 1.53. The zero-order valence-corrected chi connectivity index (χ0v) is 17.0. The van der Waals surface area contributed by atoms with Crippen molar-refractivity contribution < 1.29 is 13.9 Å². The molecule has 0 fully saturated rings. The number of fused-ring (bicyclic) bond motifs is 1. The largest absolute Gasteiger partial charge is 0.497 e. The van der Waals surface area contributed by atoms with Gasteiger partial charge in [-0.2, -0.15) is 5.10 Å². The first-order valence-corrected chi connectivity index (χ1v) is 9.61. The highest BCUT2D eigenvalue weighted by Gasteiger charge is 2.15. The smallest absolute Gasteiger partial charge is 0.264 e. The van der Waals surface area contributed by atoms with E-state index in [2.05, 4.69) is 15.4 Å². The lowest BCUT2D eigenvalue weighted by molar-refractivity contribution is -0.116. The third kappa shape index (κ3) is 4.16. The average Bonchev–Trinajstić information content (AvgIpc) is 3.18. The van der Waals surface area contributed by atoms with Crippen LogP contribution in [0.2, 0.25) is 0 Å². The minimum Gasteiger partial charge on any atom is -0.497 e. The predicted molar refractivity (Wildman–Crippen MR) is 114 cm³/mol. The fraction of sp³-hybridized carbons (Fsp3) is 0.182. The van der Waals surface area contributed by atoms with Gasteiger partial charge in [0.2, 0.25) is 5.91 Å². The van der Waals surface area contributed by atoms with E-state index in [1.807, 2.05) is 0 Å². The third-order valence-corrected chi connectivity index (χ3v) is 4.86. The van der Waals surface area contributed by atoms with E-state index >= 15 is 0 Å². The molecule has 0 saturated heterocycles. The minimum atomic E-state index is -0.362. The van der Waals surface area contributed by atoms with Crippen molar-refractivity contribution in [2.24, 2.45) is 0 Å². The van der Waals surface area contributed by atoms with Crippen molar-refractivity contribution in [1.82, 2.24) is 19.3 Å². The van der Waals surface area contributed by atoms with Crippen LogP contribution in [0.1, 0.15) is 12.2 Å². The first kappa shape index (κ1) is 20.3. The van der Waals surface area contributed by atoms with Gasteiger partial charge in [-0.25, -0.2) is 14.1 Å². The summed E-state index contributed by atoms with van der Waals surface area (Å²) in [4.78, 5) is 29.8. The van der Waals surface area contributed by atoms with Crippen LogP contribution in [0.25, 0.3) is 16.7 Å². The number of nitrogens with one attached hydrogen (secondary N) is 1. The van der Waals surface area contributed by atoms with Crippen LogP contribution in [0.5, 0.6) is 5.75 Å². The van der Waals surface area contributed by atoms with Gasteiger partial charge >= 0.3 is 0 Å². The van der Waals surface area contributed by atoms with Crippen molar-refractivity contribution in [2.45, 2.75) is 19.9 Å². The molecule has 0 unspecified atom stereocenters. The number of hydrogen-bond donors (Lipinski definition) is 1. The Morgan fingerprint density at radius 1 is 1.19 bits per heavy atom. The van der Waals surface area contributed by atoms with Crippen molar-refractivity contribution in [3.05, 3.63) is 76.7 Å². The number of rotatable bonds is 6. The van der Waals surface area contributed by atoms with Crippen LogP contribution in [-0.4, -0.2) is 32.3 Å². The SMILES string of the molecule is COc1cccc(NC(=O)CCn2c(C)nc3c(cnn3-c3ccc(F)cc3)c2=O)c1. The van der Waals surface area contributed by atoms with Crippen molar-refractivity contribution in [3.63, 3.8) is 0 Å². The number of carbonyl (C=O) groups excluding carboxylic acids is 1. The second kappa shape index (κ2) is 8.39. The number of hydrogen-bond acceptors (Lipinski definition) is 5. The van der Waals surface area contributed by atoms with E-state index in [-0.39, 0.29) is 30.2 Å². The number of halogens is 1. The Labute approximate surface area is 176 Å². The van der Waals surface area contributed by atoms with E-state index < -0.39 is 0 Å². The lowest BCUT2D eigenvalue weighted by Crippen LogP contribution is -2.26. The lowest BCUT2D eigenvalue weighted by Gasteiger charge is -2.11. The molecule has 0 aliphatic rings. The summed E-state index contributed by atoms with van der Waals surface area (Å²) in [5.41, 5.74) is 1.30. The van der Waals surface area contributed by atoms with Gasteiger partial charge in [-0.1, -0.05) is 6.07 Å². The summed E-state index contributed by atoms with van der Waals surface area (Å²) < 4.78 is 21.3. The molecule has 8 nitrogen and oxygen atoms in total. The molecule has 0 aliphatic heterocycles. The van der Waals surface area contributed by atoms with Crippen LogP contribution in [0.4, 0.5) is 10.1 Å². The molecule has 0 aliphatic carbocycles. The molecule has 1 N–H and O–H groups in total. The minimum absolute atomic E-state index is 0.0945. The Morgan fingerprint density at radius 3 is 2.71 bits per heavy atom. The molecule has 0 atom stereocenters. The maximum atomic E-state index is 13.2. The number of anilines is 1. The highest BCUT2D eigenvalue weighted by atomic mass is 19.1. The number of aromatic nitrogens is 4. The summed E-state index contributed by atoms with van der Waals surface area (Å²) >= 11 is 0. The summed E-state index contributed by atoms with van der Waals surface area (Å²) in [6.45, 7) is 1.87. The standard InChI is InChI=1S/C22H20FN5O3/c1-14-25-21-19(13-24-28(21)17-8-6-15(23)7-9-17)22(30)27(14)11-10-20(29)26-16-4-3-5-18(12-16)31-2/h3-9,12-13H,10-11H2,1-2H3,(H,26,29). The number of benzene rings is 2. The Morgan fingerprint density at radius 2 is 1.97 bits per heavy atom. The monoisotopic (exact) mass is 421 g/mol. The van der Waals surface area contributed by atoms with E-state index in [0.29, 0.717) is 34.0 Å². The molecule has 4 aromatic rings. The van der Waals surface area contributed by atoms with Gasteiger partial charge in [0.25, 0.3) is 5.56 Å². The van der Waals surface area contributed by atoms with Gasteiger partial charge < -0.3 is 10.1 Å². The van der Waals surface area contributed by atoms with E-state index in [9.17, 15) is 14.0 Å². The number of carbonyl (C=O) groups is 1. The number of ether oxygens (including phenoxy) is 1. The fourth-order valence-corrected chi connectivity index (χ4v) is 3.28. The summed E-state index contributed by atoms with van der Waals surface area (Å²) in [5, 5.41) is 7.35. The summed E-state index contributed by atoms with van der Waals surface area (Å²) in [5.74, 6) is 0.494. The maximum Gasteiger partial charge on any atom is 0.264 e. The molecule has 158 valence electrons. The van der Waals surface area contributed by atoms with Crippen LogP contribution in [0, 0.1) is 12.7 Å². The van der Waals surface area contributed by atoms with Crippen LogP contribution in [-0.2, 0) is 11.3 Å². The molecule has 0 spiro atoms. The number of amides is 1. The molecule has 4 rings (SSSR count). The van der Waals surface area contributed by atoms with Crippen molar-refractivity contribution in [1.29, 1.82) is 0 Å². The summed E-state index contributed by atoms with van der Waals surface area (Å²) in [7, 11) is 1.55. The normalized spacial score (nSPS) is 10.9. The average molecular weight is 421 g/mol. The highest BCUT2D eigenvalue weighted by Crippen LogP contribution is 2.17. The lowest BCUT2D eigenvalue weighted by atomic mass is 10.3. The second-order valence-corrected chi connectivity index (χ2v) is 6.92. The third-order valence-electron chi connectivity index (χ3n) is 4.86. The molecule has 9 heteroatoms. The van der Waals surface area contributed by atoms with E-state index in [1.54, 1.807) is 50.4 Å². The maximum absolute atomic E-state index is 13.2. The van der Waals surface area contributed by atoms with Gasteiger partial charge in [0, 0.05) is 24.7 Å². The quantitative estimate of drug-likeness (QED) is 0.517. The fourth-order valence-electron chi connectivity index (χ4n) is 3.28. The van der Waals surface area contributed by atoms with E-state index in [1.165, 1.54) is 27.6 Å². The molecule has 0 bridgehead atoms. The van der Waals surface area contributed by atoms with E-state index in [4.69, 9.17) is 4.74 Å². The topological polar surface area (TPSA) is 91.0 Å². The second-order valence-electron chi connectivity index (χ2n) is 6.92. The molecule has 2 aromatic carbocycles. The van der Waals surface area contributed by atoms with Gasteiger partial charge in [-0.05, 0) is 43.3 Å². The highest BCUT2D eigenvalue weighted by molar-refractivity contribution is 5.90. The van der Waals surface area contributed by atoms with Crippen molar-refractivity contribution in [3.8, 4) is 11.4 Å². The Balaban J connectivity index is 1.55. The van der Waals surface area contributed by atoms with Crippen molar-refractivity contribution >= 4 is 22.6 Å². The van der Waals surface area contributed by atoms with Gasteiger partial charge in [0.15, 0.2) is 5.65 Å². The van der Waals surface area contributed by atoms with Crippen LogP contribution < -0.4 is 15.6 Å². The van der Waals surface area contributed by atoms with E-state index in [0.717, 1.165) is 0 Å². The molecule has 31 heavy (non-hydrogen) atoms.